The third kappa shape index (κ3) is 3.28. The Morgan fingerprint density at radius 3 is 2.80 bits per heavy atom. The maximum atomic E-state index is 11.0. The van der Waals surface area contributed by atoms with E-state index in [1.165, 1.54) is 0 Å². The standard InChI is InChI=1S/C8H15NO/c1-4-6-9-8(10)7(3)5-2/h5,7H,2,4,6H2,1,3H3,(H,9,10). The zero-order chi connectivity index (χ0) is 7.98. The van der Waals surface area contributed by atoms with E-state index in [1.54, 1.807) is 6.08 Å². The smallest absolute Gasteiger partial charge is 0.226 e. The van der Waals surface area contributed by atoms with E-state index < -0.39 is 0 Å². The fourth-order valence-electron chi connectivity index (χ4n) is 0.516. The lowest BCUT2D eigenvalue weighted by Gasteiger charge is -2.05. The third-order valence-corrected chi connectivity index (χ3v) is 1.32. The molecule has 0 radical (unpaired) electrons. The molecule has 0 rings (SSSR count). The summed E-state index contributed by atoms with van der Waals surface area (Å²) in [4.78, 5) is 11.0. The second-order valence-electron chi connectivity index (χ2n) is 2.32. The Hall–Kier alpha value is -0.790. The SMILES string of the molecule is C=CC(C)C(=O)NCCC. The van der Waals surface area contributed by atoms with Crippen LogP contribution in [0.4, 0.5) is 0 Å². The first kappa shape index (κ1) is 9.21. The summed E-state index contributed by atoms with van der Waals surface area (Å²) in [5.74, 6) is 0.00315. The van der Waals surface area contributed by atoms with Crippen molar-refractivity contribution in [3.05, 3.63) is 12.7 Å². The summed E-state index contributed by atoms with van der Waals surface area (Å²) in [6.07, 6.45) is 2.63. The van der Waals surface area contributed by atoms with Gasteiger partial charge in [-0.1, -0.05) is 19.9 Å². The van der Waals surface area contributed by atoms with E-state index in [9.17, 15) is 4.79 Å². The minimum absolute atomic E-state index is 0.0634. The average Bonchev–Trinajstić information content (AvgIpc) is 1.98. The van der Waals surface area contributed by atoms with Crippen LogP contribution in [0.1, 0.15) is 20.3 Å². The molecule has 10 heavy (non-hydrogen) atoms. The van der Waals surface area contributed by atoms with Crippen molar-refractivity contribution in [2.45, 2.75) is 20.3 Å². The van der Waals surface area contributed by atoms with Crippen LogP contribution in [-0.2, 0) is 4.79 Å². The van der Waals surface area contributed by atoms with Crippen LogP contribution in [0.3, 0.4) is 0 Å². The molecule has 0 aromatic carbocycles. The van der Waals surface area contributed by atoms with Crippen LogP contribution in [0, 0.1) is 5.92 Å². The van der Waals surface area contributed by atoms with Gasteiger partial charge in [0, 0.05) is 6.54 Å². The molecule has 0 aliphatic rings. The molecule has 58 valence electrons. The van der Waals surface area contributed by atoms with Crippen LogP contribution in [-0.4, -0.2) is 12.5 Å². The zero-order valence-electron chi connectivity index (χ0n) is 6.68. The lowest BCUT2D eigenvalue weighted by molar-refractivity contribution is -0.123. The lowest BCUT2D eigenvalue weighted by atomic mass is 10.2. The first-order chi connectivity index (χ1) is 4.72. The maximum absolute atomic E-state index is 11.0. The Kier molecular flexibility index (Phi) is 4.63. The summed E-state index contributed by atoms with van der Waals surface area (Å²) >= 11 is 0. The van der Waals surface area contributed by atoms with E-state index >= 15 is 0 Å². The van der Waals surface area contributed by atoms with E-state index in [1.807, 2.05) is 13.8 Å². The molecule has 0 spiro atoms. The molecule has 0 aliphatic heterocycles. The molecular weight excluding hydrogens is 126 g/mol. The second-order valence-corrected chi connectivity index (χ2v) is 2.32. The Bertz CT molecular complexity index is 120. The Labute approximate surface area is 62.3 Å². The van der Waals surface area contributed by atoms with E-state index in [0.29, 0.717) is 0 Å². The van der Waals surface area contributed by atoms with Crippen molar-refractivity contribution in [2.24, 2.45) is 5.92 Å². The monoisotopic (exact) mass is 141 g/mol. The number of hydrogen-bond acceptors (Lipinski definition) is 1. The fourth-order valence-corrected chi connectivity index (χ4v) is 0.516. The van der Waals surface area contributed by atoms with Gasteiger partial charge in [0.15, 0.2) is 0 Å². The van der Waals surface area contributed by atoms with Gasteiger partial charge in [0.05, 0.1) is 5.92 Å². The molecule has 1 unspecified atom stereocenters. The number of carbonyl (C=O) groups excluding carboxylic acids is 1. The highest BCUT2D eigenvalue weighted by Crippen LogP contribution is 1.93. The summed E-state index contributed by atoms with van der Waals surface area (Å²) in [5.41, 5.74) is 0. The number of amides is 1. The van der Waals surface area contributed by atoms with Crippen LogP contribution >= 0.6 is 0 Å². The van der Waals surface area contributed by atoms with Crippen LogP contribution in [0.25, 0.3) is 0 Å². The van der Waals surface area contributed by atoms with Crippen molar-refractivity contribution in [2.75, 3.05) is 6.54 Å². The predicted molar refractivity (Wildman–Crippen MR) is 42.7 cm³/mol. The topological polar surface area (TPSA) is 29.1 Å². The van der Waals surface area contributed by atoms with E-state index in [2.05, 4.69) is 11.9 Å². The highest BCUT2D eigenvalue weighted by molar-refractivity contribution is 5.79. The molecule has 2 heteroatoms. The summed E-state index contributed by atoms with van der Waals surface area (Å²) < 4.78 is 0. The lowest BCUT2D eigenvalue weighted by Crippen LogP contribution is -2.28. The van der Waals surface area contributed by atoms with Gasteiger partial charge >= 0.3 is 0 Å². The molecule has 1 amide bonds. The van der Waals surface area contributed by atoms with Gasteiger partial charge in [-0.05, 0) is 6.42 Å². The molecule has 2 nitrogen and oxygen atoms in total. The fraction of sp³-hybridized carbons (Fsp3) is 0.625. The summed E-state index contributed by atoms with van der Waals surface area (Å²) in [5, 5.41) is 2.77. The van der Waals surface area contributed by atoms with Gasteiger partial charge in [-0.25, -0.2) is 0 Å². The van der Waals surface area contributed by atoms with Gasteiger partial charge in [0.25, 0.3) is 0 Å². The molecule has 1 N–H and O–H groups in total. The van der Waals surface area contributed by atoms with Crippen LogP contribution in [0.5, 0.6) is 0 Å². The van der Waals surface area contributed by atoms with Gasteiger partial charge in [-0.15, -0.1) is 6.58 Å². The normalized spacial score (nSPS) is 12.2. The highest BCUT2D eigenvalue weighted by atomic mass is 16.1. The number of nitrogens with one attached hydrogen (secondary N) is 1. The predicted octanol–water partition coefficient (Wildman–Crippen LogP) is 1.33. The van der Waals surface area contributed by atoms with E-state index in [4.69, 9.17) is 0 Å². The van der Waals surface area contributed by atoms with Gasteiger partial charge in [-0.2, -0.15) is 0 Å². The number of rotatable bonds is 4. The zero-order valence-corrected chi connectivity index (χ0v) is 6.68. The van der Waals surface area contributed by atoms with E-state index in [0.717, 1.165) is 13.0 Å². The molecule has 0 aliphatic carbocycles. The van der Waals surface area contributed by atoms with Gasteiger partial charge in [-0.3, -0.25) is 4.79 Å². The van der Waals surface area contributed by atoms with Crippen LogP contribution < -0.4 is 5.32 Å². The second kappa shape index (κ2) is 5.03. The largest absolute Gasteiger partial charge is 0.356 e. The maximum Gasteiger partial charge on any atom is 0.226 e. The minimum atomic E-state index is -0.0634. The van der Waals surface area contributed by atoms with Crippen molar-refractivity contribution >= 4 is 5.91 Å². The molecule has 0 bridgehead atoms. The molecule has 0 fully saturated rings. The summed E-state index contributed by atoms with van der Waals surface area (Å²) in [6, 6.07) is 0. The number of carbonyl (C=O) groups is 1. The summed E-state index contributed by atoms with van der Waals surface area (Å²) in [7, 11) is 0. The van der Waals surface area contributed by atoms with Crippen molar-refractivity contribution in [3.8, 4) is 0 Å². The first-order valence-corrected chi connectivity index (χ1v) is 3.62. The van der Waals surface area contributed by atoms with Crippen molar-refractivity contribution in [3.63, 3.8) is 0 Å². The first-order valence-electron chi connectivity index (χ1n) is 3.62. The van der Waals surface area contributed by atoms with E-state index in [-0.39, 0.29) is 11.8 Å². The van der Waals surface area contributed by atoms with Crippen LogP contribution in [0.2, 0.25) is 0 Å². The van der Waals surface area contributed by atoms with Crippen LogP contribution in [0.15, 0.2) is 12.7 Å². The quantitative estimate of drug-likeness (QED) is 0.588. The molecule has 0 saturated carbocycles. The average molecular weight is 141 g/mol. The van der Waals surface area contributed by atoms with Crippen molar-refractivity contribution < 1.29 is 4.79 Å². The highest BCUT2D eigenvalue weighted by Gasteiger charge is 2.05. The molecule has 0 heterocycles. The molecule has 0 aromatic heterocycles. The van der Waals surface area contributed by atoms with Crippen molar-refractivity contribution in [1.82, 2.24) is 5.32 Å². The Morgan fingerprint density at radius 2 is 2.40 bits per heavy atom. The Balaban J connectivity index is 3.51. The minimum Gasteiger partial charge on any atom is -0.356 e. The molecule has 1 atom stereocenters. The third-order valence-electron chi connectivity index (χ3n) is 1.32. The Morgan fingerprint density at radius 1 is 1.80 bits per heavy atom. The van der Waals surface area contributed by atoms with Gasteiger partial charge < -0.3 is 5.32 Å². The summed E-state index contributed by atoms with van der Waals surface area (Å²) in [6.45, 7) is 8.15. The van der Waals surface area contributed by atoms with Gasteiger partial charge in [0.1, 0.15) is 0 Å². The van der Waals surface area contributed by atoms with Crippen molar-refractivity contribution in [1.29, 1.82) is 0 Å². The van der Waals surface area contributed by atoms with Gasteiger partial charge in [0.2, 0.25) is 5.91 Å². The molecule has 0 saturated heterocycles. The number of hydrogen-bond donors (Lipinski definition) is 1. The molecular formula is C8H15NO. The molecule has 0 aromatic rings.